The summed E-state index contributed by atoms with van der Waals surface area (Å²) in [4.78, 5) is 12.5. The van der Waals surface area contributed by atoms with Gasteiger partial charge in [0.2, 0.25) is 0 Å². The zero-order valence-corrected chi connectivity index (χ0v) is 16.1. The predicted molar refractivity (Wildman–Crippen MR) is 96.9 cm³/mol. The summed E-state index contributed by atoms with van der Waals surface area (Å²) >= 11 is 6.24. The molecule has 1 aromatic carbocycles. The molecule has 1 N–H and O–H groups in total. The highest BCUT2D eigenvalue weighted by atomic mass is 35.5. The van der Waals surface area contributed by atoms with Crippen LogP contribution in [0.1, 0.15) is 34.1 Å². The van der Waals surface area contributed by atoms with E-state index in [1.165, 1.54) is 0 Å². The van der Waals surface area contributed by atoms with Crippen molar-refractivity contribution in [2.75, 3.05) is 26.1 Å². The standard InChI is InChI=1S/C18H28ClNO4/c1-12(2)10-18(4,23-6)17(21)20-14-7-8-16(15(19)9-14)24-13(3)11-22-5/h7-9,12-13H,10-11H2,1-6H3,(H,20,21)/t13-,18+/m1/s1. The topological polar surface area (TPSA) is 56.8 Å². The Morgan fingerprint density at radius 1 is 1.29 bits per heavy atom. The number of ether oxygens (including phenoxy) is 3. The molecule has 1 rings (SSSR count). The van der Waals surface area contributed by atoms with E-state index < -0.39 is 5.60 Å². The van der Waals surface area contributed by atoms with E-state index in [0.717, 1.165) is 0 Å². The molecule has 6 heteroatoms. The van der Waals surface area contributed by atoms with Gasteiger partial charge in [-0.3, -0.25) is 4.79 Å². The van der Waals surface area contributed by atoms with Crippen molar-refractivity contribution in [1.29, 1.82) is 0 Å². The average Bonchev–Trinajstić information content (AvgIpc) is 2.49. The molecule has 0 saturated carbocycles. The lowest BCUT2D eigenvalue weighted by atomic mass is 9.93. The van der Waals surface area contributed by atoms with Gasteiger partial charge in [-0.15, -0.1) is 0 Å². The Morgan fingerprint density at radius 2 is 1.96 bits per heavy atom. The van der Waals surface area contributed by atoms with Crippen LogP contribution < -0.4 is 10.1 Å². The number of carbonyl (C=O) groups excluding carboxylic acids is 1. The molecular weight excluding hydrogens is 330 g/mol. The van der Waals surface area contributed by atoms with E-state index >= 15 is 0 Å². The first-order valence-corrected chi connectivity index (χ1v) is 8.41. The van der Waals surface area contributed by atoms with Crippen molar-refractivity contribution >= 4 is 23.2 Å². The van der Waals surface area contributed by atoms with Crippen molar-refractivity contribution in [3.8, 4) is 5.75 Å². The van der Waals surface area contributed by atoms with Gasteiger partial charge in [0, 0.05) is 19.9 Å². The van der Waals surface area contributed by atoms with Gasteiger partial charge in [0.05, 0.1) is 11.6 Å². The Bertz CT molecular complexity index is 550. The number of hydrogen-bond donors (Lipinski definition) is 1. The largest absolute Gasteiger partial charge is 0.487 e. The summed E-state index contributed by atoms with van der Waals surface area (Å²) in [6.07, 6.45) is 0.509. The number of benzene rings is 1. The molecule has 0 aliphatic rings. The first-order chi connectivity index (χ1) is 11.2. The van der Waals surface area contributed by atoms with E-state index in [9.17, 15) is 4.79 Å². The van der Waals surface area contributed by atoms with E-state index in [4.69, 9.17) is 25.8 Å². The fourth-order valence-corrected chi connectivity index (χ4v) is 2.70. The maximum Gasteiger partial charge on any atom is 0.256 e. The second kappa shape index (κ2) is 9.25. The fraction of sp³-hybridized carbons (Fsp3) is 0.611. The summed E-state index contributed by atoms with van der Waals surface area (Å²) in [7, 11) is 3.16. The number of carbonyl (C=O) groups is 1. The second-order valence-corrected chi connectivity index (χ2v) is 6.92. The smallest absolute Gasteiger partial charge is 0.256 e. The summed E-state index contributed by atoms with van der Waals surface area (Å²) in [6, 6.07) is 5.15. The lowest BCUT2D eigenvalue weighted by molar-refractivity contribution is -0.137. The molecule has 0 unspecified atom stereocenters. The van der Waals surface area contributed by atoms with Crippen molar-refractivity contribution in [3.05, 3.63) is 23.2 Å². The Balaban J connectivity index is 2.81. The molecule has 0 heterocycles. The molecule has 0 aliphatic heterocycles. The maximum atomic E-state index is 12.5. The molecule has 0 fully saturated rings. The summed E-state index contributed by atoms with van der Waals surface area (Å²) < 4.78 is 16.2. The zero-order valence-electron chi connectivity index (χ0n) is 15.3. The maximum absolute atomic E-state index is 12.5. The molecule has 5 nitrogen and oxygen atoms in total. The molecule has 0 radical (unpaired) electrons. The number of hydrogen-bond acceptors (Lipinski definition) is 4. The third-order valence-electron chi connectivity index (χ3n) is 3.65. The van der Waals surface area contributed by atoms with Crippen LogP contribution in [0, 0.1) is 5.92 Å². The zero-order chi connectivity index (χ0) is 18.3. The molecule has 0 bridgehead atoms. The van der Waals surface area contributed by atoms with Gasteiger partial charge in [0.25, 0.3) is 5.91 Å². The monoisotopic (exact) mass is 357 g/mol. The Hall–Kier alpha value is -1.30. The van der Waals surface area contributed by atoms with Gasteiger partial charge in [-0.25, -0.2) is 0 Å². The minimum Gasteiger partial charge on any atom is -0.487 e. The lowest BCUT2D eigenvalue weighted by Crippen LogP contribution is -2.43. The number of anilines is 1. The van der Waals surface area contributed by atoms with Crippen molar-refractivity contribution in [1.82, 2.24) is 0 Å². The third-order valence-corrected chi connectivity index (χ3v) is 3.94. The van der Waals surface area contributed by atoms with Gasteiger partial charge in [-0.1, -0.05) is 25.4 Å². The Kier molecular flexibility index (Phi) is 8.00. The molecule has 0 saturated heterocycles. The first kappa shape index (κ1) is 20.7. The molecular formula is C18H28ClNO4. The minimum atomic E-state index is -0.886. The van der Waals surface area contributed by atoms with Crippen molar-refractivity contribution < 1.29 is 19.0 Å². The third kappa shape index (κ3) is 5.96. The van der Waals surface area contributed by atoms with Crippen LogP contribution in [0.5, 0.6) is 5.75 Å². The van der Waals surface area contributed by atoms with E-state index in [1.807, 2.05) is 6.92 Å². The normalized spacial score (nSPS) is 15.0. The number of amides is 1. The van der Waals surface area contributed by atoms with E-state index in [2.05, 4.69) is 19.2 Å². The molecule has 24 heavy (non-hydrogen) atoms. The number of rotatable bonds is 9. The van der Waals surface area contributed by atoms with Crippen LogP contribution in [0.15, 0.2) is 18.2 Å². The van der Waals surface area contributed by atoms with Crippen molar-refractivity contribution in [2.24, 2.45) is 5.92 Å². The predicted octanol–water partition coefficient (Wildman–Crippen LogP) is 4.14. The van der Waals surface area contributed by atoms with Crippen LogP contribution in [0.3, 0.4) is 0 Å². The minimum absolute atomic E-state index is 0.115. The van der Waals surface area contributed by atoms with Crippen LogP contribution in [-0.2, 0) is 14.3 Å². The fourth-order valence-electron chi connectivity index (χ4n) is 2.47. The highest BCUT2D eigenvalue weighted by Crippen LogP contribution is 2.30. The van der Waals surface area contributed by atoms with Crippen LogP contribution in [0.4, 0.5) is 5.69 Å². The van der Waals surface area contributed by atoms with Gasteiger partial charge < -0.3 is 19.5 Å². The average molecular weight is 358 g/mol. The van der Waals surface area contributed by atoms with Crippen molar-refractivity contribution in [3.63, 3.8) is 0 Å². The lowest BCUT2D eigenvalue weighted by Gasteiger charge is -2.28. The molecule has 0 spiro atoms. The second-order valence-electron chi connectivity index (χ2n) is 6.52. The van der Waals surface area contributed by atoms with E-state index in [-0.39, 0.29) is 12.0 Å². The molecule has 136 valence electrons. The Morgan fingerprint density at radius 3 is 2.46 bits per heavy atom. The van der Waals surface area contributed by atoms with Gasteiger partial charge in [0.1, 0.15) is 17.5 Å². The molecule has 1 aromatic rings. The highest BCUT2D eigenvalue weighted by molar-refractivity contribution is 6.32. The van der Waals surface area contributed by atoms with Gasteiger partial charge in [-0.2, -0.15) is 0 Å². The van der Waals surface area contributed by atoms with Gasteiger partial charge in [0.15, 0.2) is 0 Å². The van der Waals surface area contributed by atoms with E-state index in [0.29, 0.717) is 35.4 Å². The summed E-state index contributed by atoms with van der Waals surface area (Å²) in [5.74, 6) is 0.689. The number of methoxy groups -OCH3 is 2. The quantitative estimate of drug-likeness (QED) is 0.721. The first-order valence-electron chi connectivity index (χ1n) is 8.03. The molecule has 2 atom stereocenters. The number of nitrogens with one attached hydrogen (secondary N) is 1. The Labute approximate surface area is 149 Å². The van der Waals surface area contributed by atoms with Crippen LogP contribution in [0.2, 0.25) is 5.02 Å². The summed E-state index contributed by atoms with van der Waals surface area (Å²) in [5, 5.41) is 3.29. The van der Waals surface area contributed by atoms with Crippen LogP contribution in [-0.4, -0.2) is 38.4 Å². The van der Waals surface area contributed by atoms with Crippen LogP contribution >= 0.6 is 11.6 Å². The number of halogens is 1. The highest BCUT2D eigenvalue weighted by Gasteiger charge is 2.34. The molecule has 0 aliphatic carbocycles. The summed E-state index contributed by atoms with van der Waals surface area (Å²) in [6.45, 7) is 8.25. The molecule has 0 aromatic heterocycles. The van der Waals surface area contributed by atoms with Crippen molar-refractivity contribution in [2.45, 2.75) is 45.8 Å². The van der Waals surface area contributed by atoms with Gasteiger partial charge >= 0.3 is 0 Å². The molecule has 1 amide bonds. The summed E-state index contributed by atoms with van der Waals surface area (Å²) in [5.41, 5.74) is -0.285. The van der Waals surface area contributed by atoms with E-state index in [1.54, 1.807) is 39.3 Å². The van der Waals surface area contributed by atoms with Crippen LogP contribution in [0.25, 0.3) is 0 Å². The van der Waals surface area contributed by atoms with Gasteiger partial charge in [-0.05, 0) is 44.4 Å². The SMILES string of the molecule is COC[C@@H](C)Oc1ccc(NC(=O)[C@](C)(CC(C)C)OC)cc1Cl.